The number of nitrogens with zero attached hydrogens (tertiary/aromatic N) is 2. The maximum Gasteiger partial charge on any atom is 0.213 e. The van der Waals surface area contributed by atoms with E-state index in [1.165, 1.54) is 12.3 Å². The van der Waals surface area contributed by atoms with Crippen molar-refractivity contribution < 1.29 is 4.39 Å². The van der Waals surface area contributed by atoms with E-state index in [2.05, 4.69) is 15.2 Å². The SMILES string of the molecule is Fc1cc(-c2cn[nH]c2)ccn1. The molecule has 0 aromatic carbocycles. The van der Waals surface area contributed by atoms with Gasteiger partial charge in [0.2, 0.25) is 5.95 Å². The Morgan fingerprint density at radius 1 is 1.33 bits per heavy atom. The summed E-state index contributed by atoms with van der Waals surface area (Å²) in [4.78, 5) is 3.45. The fourth-order valence-electron chi connectivity index (χ4n) is 0.991. The fourth-order valence-corrected chi connectivity index (χ4v) is 0.991. The largest absolute Gasteiger partial charge is 0.285 e. The van der Waals surface area contributed by atoms with Crippen LogP contribution in [0.2, 0.25) is 0 Å². The van der Waals surface area contributed by atoms with Crippen molar-refractivity contribution in [3.63, 3.8) is 0 Å². The molecule has 0 saturated carbocycles. The van der Waals surface area contributed by atoms with Gasteiger partial charge in [-0.05, 0) is 11.6 Å². The normalized spacial score (nSPS) is 10.1. The molecule has 0 fully saturated rings. The highest BCUT2D eigenvalue weighted by Gasteiger charge is 1.99. The molecule has 2 rings (SSSR count). The molecule has 0 radical (unpaired) electrons. The molecule has 1 N–H and O–H groups in total. The molecule has 0 bridgehead atoms. The lowest BCUT2D eigenvalue weighted by molar-refractivity contribution is 0.584. The number of pyridine rings is 1. The summed E-state index contributed by atoms with van der Waals surface area (Å²) in [6, 6.07) is 3.10. The highest BCUT2D eigenvalue weighted by Crippen LogP contribution is 2.16. The smallest absolute Gasteiger partial charge is 0.213 e. The lowest BCUT2D eigenvalue weighted by atomic mass is 10.1. The predicted molar refractivity (Wildman–Crippen MR) is 41.8 cm³/mol. The van der Waals surface area contributed by atoms with Crippen LogP contribution in [0.25, 0.3) is 11.1 Å². The highest BCUT2D eigenvalue weighted by molar-refractivity contribution is 5.60. The van der Waals surface area contributed by atoms with Crippen molar-refractivity contribution in [1.29, 1.82) is 0 Å². The summed E-state index contributed by atoms with van der Waals surface area (Å²) < 4.78 is 12.6. The molecule has 0 aliphatic heterocycles. The topological polar surface area (TPSA) is 41.6 Å². The van der Waals surface area contributed by atoms with Crippen LogP contribution in [0.15, 0.2) is 30.7 Å². The molecule has 0 spiro atoms. The second-order valence-electron chi connectivity index (χ2n) is 2.35. The second kappa shape index (κ2) is 2.73. The zero-order valence-corrected chi connectivity index (χ0v) is 6.16. The molecule has 0 saturated heterocycles. The minimum Gasteiger partial charge on any atom is -0.285 e. The van der Waals surface area contributed by atoms with Gasteiger partial charge in [-0.15, -0.1) is 0 Å². The van der Waals surface area contributed by atoms with Crippen molar-refractivity contribution in [2.24, 2.45) is 0 Å². The van der Waals surface area contributed by atoms with Gasteiger partial charge < -0.3 is 0 Å². The van der Waals surface area contributed by atoms with Crippen LogP contribution in [0.5, 0.6) is 0 Å². The Kier molecular flexibility index (Phi) is 1.59. The molecular weight excluding hydrogens is 157 g/mol. The Balaban J connectivity index is 2.48. The number of halogens is 1. The summed E-state index contributed by atoms with van der Waals surface area (Å²) in [5.74, 6) is -0.478. The van der Waals surface area contributed by atoms with Crippen LogP contribution >= 0.6 is 0 Å². The third kappa shape index (κ3) is 1.18. The zero-order valence-electron chi connectivity index (χ0n) is 6.16. The first-order valence-corrected chi connectivity index (χ1v) is 3.47. The van der Waals surface area contributed by atoms with Gasteiger partial charge in [0.05, 0.1) is 6.20 Å². The molecule has 0 amide bonds. The second-order valence-corrected chi connectivity index (χ2v) is 2.35. The molecule has 0 aliphatic carbocycles. The molecule has 0 atom stereocenters. The molecule has 0 unspecified atom stereocenters. The van der Waals surface area contributed by atoms with E-state index in [9.17, 15) is 4.39 Å². The lowest BCUT2D eigenvalue weighted by Crippen LogP contribution is -1.81. The van der Waals surface area contributed by atoms with Crippen molar-refractivity contribution >= 4 is 0 Å². The van der Waals surface area contributed by atoms with Crippen LogP contribution < -0.4 is 0 Å². The molecule has 2 aromatic heterocycles. The minimum atomic E-state index is -0.478. The number of hydrogen-bond acceptors (Lipinski definition) is 2. The molecule has 2 aromatic rings. The van der Waals surface area contributed by atoms with Gasteiger partial charge in [0.25, 0.3) is 0 Å². The standard InChI is InChI=1S/C8H6FN3/c9-8-3-6(1-2-10-8)7-4-11-12-5-7/h1-5H,(H,11,12). The molecule has 2 heterocycles. The molecule has 3 nitrogen and oxygen atoms in total. The predicted octanol–water partition coefficient (Wildman–Crippen LogP) is 1.61. The van der Waals surface area contributed by atoms with E-state index in [0.29, 0.717) is 0 Å². The number of aromatic nitrogens is 3. The van der Waals surface area contributed by atoms with Crippen LogP contribution in [0.4, 0.5) is 4.39 Å². The molecular formula is C8H6FN3. The van der Waals surface area contributed by atoms with Crippen molar-refractivity contribution in [2.45, 2.75) is 0 Å². The van der Waals surface area contributed by atoms with Gasteiger partial charge in [0.15, 0.2) is 0 Å². The maximum atomic E-state index is 12.6. The Labute approximate surface area is 68.3 Å². The van der Waals surface area contributed by atoms with Crippen LogP contribution in [0.3, 0.4) is 0 Å². The van der Waals surface area contributed by atoms with Gasteiger partial charge in [-0.3, -0.25) is 5.10 Å². The third-order valence-corrected chi connectivity index (χ3v) is 1.56. The van der Waals surface area contributed by atoms with E-state index < -0.39 is 5.95 Å². The number of nitrogens with one attached hydrogen (secondary N) is 1. The molecule has 4 heteroatoms. The van der Waals surface area contributed by atoms with Gasteiger partial charge in [0, 0.05) is 24.0 Å². The Hall–Kier alpha value is -1.71. The van der Waals surface area contributed by atoms with Crippen LogP contribution in [-0.4, -0.2) is 15.2 Å². The van der Waals surface area contributed by atoms with E-state index in [1.807, 2.05) is 0 Å². The number of rotatable bonds is 1. The van der Waals surface area contributed by atoms with Crippen LogP contribution in [0, 0.1) is 5.95 Å². The van der Waals surface area contributed by atoms with Crippen molar-refractivity contribution in [3.05, 3.63) is 36.7 Å². The van der Waals surface area contributed by atoms with Gasteiger partial charge >= 0.3 is 0 Å². The summed E-state index contributed by atoms with van der Waals surface area (Å²) in [6.07, 6.45) is 4.77. The lowest BCUT2D eigenvalue weighted by Gasteiger charge is -1.94. The van der Waals surface area contributed by atoms with E-state index in [4.69, 9.17) is 0 Å². The maximum absolute atomic E-state index is 12.6. The molecule has 60 valence electrons. The summed E-state index contributed by atoms with van der Waals surface area (Å²) in [6.45, 7) is 0. The van der Waals surface area contributed by atoms with Crippen molar-refractivity contribution in [2.75, 3.05) is 0 Å². The summed E-state index contributed by atoms with van der Waals surface area (Å²) >= 11 is 0. The van der Waals surface area contributed by atoms with Crippen LogP contribution in [0.1, 0.15) is 0 Å². The minimum absolute atomic E-state index is 0.478. The number of aromatic amines is 1. The first kappa shape index (κ1) is 6.97. The van der Waals surface area contributed by atoms with E-state index >= 15 is 0 Å². The average molecular weight is 163 g/mol. The Morgan fingerprint density at radius 3 is 2.92 bits per heavy atom. The number of H-pyrrole nitrogens is 1. The van der Waals surface area contributed by atoms with Gasteiger partial charge in [0.1, 0.15) is 0 Å². The van der Waals surface area contributed by atoms with Gasteiger partial charge in [-0.2, -0.15) is 9.49 Å². The quantitative estimate of drug-likeness (QED) is 0.649. The van der Waals surface area contributed by atoms with Crippen molar-refractivity contribution in [3.8, 4) is 11.1 Å². The van der Waals surface area contributed by atoms with Crippen molar-refractivity contribution in [1.82, 2.24) is 15.2 Å². The summed E-state index contributed by atoms with van der Waals surface area (Å²) in [7, 11) is 0. The molecule has 0 aliphatic rings. The monoisotopic (exact) mass is 163 g/mol. The zero-order chi connectivity index (χ0) is 8.39. The fraction of sp³-hybridized carbons (Fsp3) is 0. The molecule has 12 heavy (non-hydrogen) atoms. The van der Waals surface area contributed by atoms with Gasteiger partial charge in [-0.25, -0.2) is 4.98 Å². The summed E-state index contributed by atoms with van der Waals surface area (Å²) in [5, 5.41) is 6.42. The van der Waals surface area contributed by atoms with E-state index in [-0.39, 0.29) is 0 Å². The van der Waals surface area contributed by atoms with Crippen LogP contribution in [-0.2, 0) is 0 Å². The van der Waals surface area contributed by atoms with Gasteiger partial charge in [-0.1, -0.05) is 0 Å². The third-order valence-electron chi connectivity index (χ3n) is 1.56. The first-order chi connectivity index (χ1) is 5.86. The summed E-state index contributed by atoms with van der Waals surface area (Å²) in [5.41, 5.74) is 1.63. The Bertz CT molecular complexity index is 370. The van der Waals surface area contributed by atoms with E-state index in [0.717, 1.165) is 11.1 Å². The first-order valence-electron chi connectivity index (χ1n) is 3.47. The Morgan fingerprint density at radius 2 is 2.25 bits per heavy atom. The highest BCUT2D eigenvalue weighted by atomic mass is 19.1. The average Bonchev–Trinajstić information content (AvgIpc) is 2.56. The number of hydrogen-bond donors (Lipinski definition) is 1. The van der Waals surface area contributed by atoms with E-state index in [1.54, 1.807) is 18.5 Å².